The molecule has 0 spiro atoms. The van der Waals surface area contributed by atoms with Crippen LogP contribution in [0.15, 0.2) is 42.5 Å². The quantitative estimate of drug-likeness (QED) is 0.582. The zero-order valence-electron chi connectivity index (χ0n) is 18.8. The van der Waals surface area contributed by atoms with Crippen molar-refractivity contribution in [2.45, 2.75) is 19.4 Å². The van der Waals surface area contributed by atoms with Crippen LogP contribution in [0.25, 0.3) is 0 Å². The molecule has 0 bridgehead atoms. The van der Waals surface area contributed by atoms with Crippen molar-refractivity contribution in [3.05, 3.63) is 64.2 Å². The molecule has 9 heteroatoms. The van der Waals surface area contributed by atoms with Crippen LogP contribution in [0.2, 0.25) is 5.02 Å². The third-order valence-corrected chi connectivity index (χ3v) is 5.44. The van der Waals surface area contributed by atoms with Crippen LogP contribution in [0.3, 0.4) is 0 Å². The van der Waals surface area contributed by atoms with Crippen molar-refractivity contribution in [3.8, 4) is 17.2 Å². The average molecular weight is 478 g/mol. The van der Waals surface area contributed by atoms with Gasteiger partial charge in [0.15, 0.2) is 0 Å². The summed E-state index contributed by atoms with van der Waals surface area (Å²) in [6, 6.07) is 9.64. The van der Waals surface area contributed by atoms with Gasteiger partial charge in [0.05, 0.1) is 19.8 Å². The maximum atomic E-state index is 9.55. The van der Waals surface area contributed by atoms with E-state index < -0.39 is 11.9 Å². The van der Waals surface area contributed by atoms with Gasteiger partial charge < -0.3 is 29.3 Å². The fourth-order valence-corrected chi connectivity index (χ4v) is 3.67. The Labute approximate surface area is 197 Å². The highest BCUT2D eigenvalue weighted by Gasteiger charge is 2.19. The fraction of sp³-hybridized carbons (Fsp3) is 0.333. The Kier molecular flexibility index (Phi) is 10.0. The minimum atomic E-state index is -1.26. The Morgan fingerprint density at radius 1 is 0.939 bits per heavy atom. The lowest BCUT2D eigenvalue weighted by molar-refractivity contribution is -0.134. The second-order valence-corrected chi connectivity index (χ2v) is 7.65. The number of halogens is 1. The molecule has 178 valence electrons. The van der Waals surface area contributed by atoms with Gasteiger partial charge >= 0.3 is 11.9 Å². The number of methoxy groups -OCH3 is 2. The number of rotatable bonds is 7. The summed E-state index contributed by atoms with van der Waals surface area (Å²) >= 11 is 6.43. The molecule has 0 atom stereocenters. The summed E-state index contributed by atoms with van der Waals surface area (Å²) in [7, 11) is 5.45. The number of aliphatic carboxylic acids is 2. The van der Waals surface area contributed by atoms with Crippen LogP contribution in [0.1, 0.15) is 16.7 Å². The summed E-state index contributed by atoms with van der Waals surface area (Å²) in [5, 5.41) is 16.5. The molecule has 0 saturated carbocycles. The topological polar surface area (TPSA) is 106 Å². The molecular formula is C24H28ClNO7. The lowest BCUT2D eigenvalue weighted by atomic mass is 10.0. The smallest absolute Gasteiger partial charge is 0.328 e. The number of nitrogens with zero attached hydrogens (tertiary/aromatic N) is 1. The molecule has 0 amide bonds. The Morgan fingerprint density at radius 3 is 2.00 bits per heavy atom. The first kappa shape index (κ1) is 26.0. The average Bonchev–Trinajstić information content (AvgIpc) is 3.00. The monoisotopic (exact) mass is 477 g/mol. The van der Waals surface area contributed by atoms with E-state index in [1.165, 1.54) is 11.1 Å². The molecule has 0 aliphatic carbocycles. The Bertz CT molecular complexity index is 968. The van der Waals surface area contributed by atoms with E-state index in [-0.39, 0.29) is 0 Å². The summed E-state index contributed by atoms with van der Waals surface area (Å²) in [6.45, 7) is 2.40. The molecule has 2 aromatic carbocycles. The molecule has 2 N–H and O–H groups in total. The van der Waals surface area contributed by atoms with Crippen molar-refractivity contribution in [2.24, 2.45) is 0 Å². The van der Waals surface area contributed by atoms with E-state index in [9.17, 15) is 9.59 Å². The molecule has 0 fully saturated rings. The number of hydrogen-bond donors (Lipinski definition) is 2. The number of benzene rings is 2. The summed E-state index contributed by atoms with van der Waals surface area (Å²) in [6.07, 6.45) is 3.00. The van der Waals surface area contributed by atoms with E-state index in [1.54, 1.807) is 14.2 Å². The van der Waals surface area contributed by atoms with E-state index in [0.717, 1.165) is 53.8 Å². The Balaban J connectivity index is 0.000000414. The van der Waals surface area contributed by atoms with E-state index in [1.807, 2.05) is 30.3 Å². The van der Waals surface area contributed by atoms with Gasteiger partial charge in [0.1, 0.15) is 23.9 Å². The van der Waals surface area contributed by atoms with E-state index in [4.69, 9.17) is 36.0 Å². The molecule has 1 heterocycles. The molecule has 33 heavy (non-hydrogen) atoms. The molecule has 0 radical (unpaired) electrons. The lowest BCUT2D eigenvalue weighted by Gasteiger charge is -2.17. The third-order valence-electron chi connectivity index (χ3n) is 5.09. The normalized spacial score (nSPS) is 13.3. The maximum absolute atomic E-state index is 9.55. The van der Waals surface area contributed by atoms with Gasteiger partial charge in [-0.2, -0.15) is 0 Å². The van der Waals surface area contributed by atoms with Gasteiger partial charge in [-0.15, -0.1) is 0 Å². The van der Waals surface area contributed by atoms with Crippen LogP contribution in [0.4, 0.5) is 0 Å². The number of fused-ring (bicyclic) bond motifs is 1. The van der Waals surface area contributed by atoms with Crippen molar-refractivity contribution in [2.75, 3.05) is 34.4 Å². The van der Waals surface area contributed by atoms with Gasteiger partial charge in [0, 0.05) is 35.8 Å². The summed E-state index contributed by atoms with van der Waals surface area (Å²) in [5.74, 6) is -0.0965. The molecule has 0 saturated heterocycles. The number of hydrogen-bond acceptors (Lipinski definition) is 6. The van der Waals surface area contributed by atoms with Crippen molar-refractivity contribution in [3.63, 3.8) is 0 Å². The molecular weight excluding hydrogens is 450 g/mol. The number of carbonyl (C=O) groups is 2. The van der Waals surface area contributed by atoms with Crippen LogP contribution in [-0.4, -0.2) is 61.4 Å². The van der Waals surface area contributed by atoms with Crippen LogP contribution < -0.4 is 14.2 Å². The number of ether oxygens (including phenoxy) is 3. The standard InChI is InChI=1S/C20H24ClNO3.C4H4O4/c1-22-11-9-14-15(10-12-22)20(8-7-17(14)21)25-13-16-18(23-2)5-4-6-19(16)24-3;5-3(6)1-2-4(7)8/h4-8H,9-13H2,1-3H3;1-2H,(H,5,6)(H,7,8)/b;2-1-. The summed E-state index contributed by atoms with van der Waals surface area (Å²) in [5.41, 5.74) is 3.32. The number of likely N-dealkylation sites (N-methyl/N-ethyl adjacent to an activating group) is 1. The molecule has 2 aromatic rings. The Hall–Kier alpha value is -3.23. The first-order valence-corrected chi connectivity index (χ1v) is 10.6. The van der Waals surface area contributed by atoms with E-state index >= 15 is 0 Å². The molecule has 0 aromatic heterocycles. The predicted octanol–water partition coefficient (Wildman–Crippen LogP) is 3.68. The van der Waals surface area contributed by atoms with Crippen molar-refractivity contribution >= 4 is 23.5 Å². The number of carboxylic acid groups (broad SMARTS) is 2. The van der Waals surface area contributed by atoms with Crippen molar-refractivity contribution in [1.82, 2.24) is 4.90 Å². The third kappa shape index (κ3) is 7.69. The zero-order valence-corrected chi connectivity index (χ0v) is 19.6. The SMILES string of the molecule is COc1cccc(OC)c1COc1ccc(Cl)c2c1CCN(C)CC2.O=C(O)/C=C\C(=O)O. The lowest BCUT2D eigenvalue weighted by Crippen LogP contribution is -2.20. The van der Waals surface area contributed by atoms with Crippen LogP contribution in [0, 0.1) is 0 Å². The fourth-order valence-electron chi connectivity index (χ4n) is 3.40. The van der Waals surface area contributed by atoms with E-state index in [2.05, 4.69) is 11.9 Å². The van der Waals surface area contributed by atoms with Gasteiger partial charge in [-0.05, 0) is 49.7 Å². The second kappa shape index (κ2) is 12.7. The zero-order chi connectivity index (χ0) is 24.4. The molecule has 3 rings (SSSR count). The molecule has 8 nitrogen and oxygen atoms in total. The van der Waals surface area contributed by atoms with Crippen molar-refractivity contribution < 1.29 is 34.0 Å². The molecule has 1 aliphatic heterocycles. The van der Waals surface area contributed by atoms with E-state index in [0.29, 0.717) is 18.8 Å². The largest absolute Gasteiger partial charge is 0.496 e. The van der Waals surface area contributed by atoms with Crippen molar-refractivity contribution in [1.29, 1.82) is 0 Å². The van der Waals surface area contributed by atoms with Gasteiger partial charge in [-0.25, -0.2) is 9.59 Å². The van der Waals surface area contributed by atoms with Gasteiger partial charge in [-0.1, -0.05) is 17.7 Å². The molecule has 0 unspecified atom stereocenters. The highest BCUT2D eigenvalue weighted by molar-refractivity contribution is 6.31. The minimum absolute atomic E-state index is 0.386. The second-order valence-electron chi connectivity index (χ2n) is 7.25. The van der Waals surface area contributed by atoms with Gasteiger partial charge in [-0.3, -0.25) is 0 Å². The minimum Gasteiger partial charge on any atom is -0.496 e. The number of carboxylic acids is 2. The summed E-state index contributed by atoms with van der Waals surface area (Å²) in [4.78, 5) is 21.4. The summed E-state index contributed by atoms with van der Waals surface area (Å²) < 4.78 is 17.1. The maximum Gasteiger partial charge on any atom is 0.328 e. The highest BCUT2D eigenvalue weighted by Crippen LogP contribution is 2.34. The first-order valence-electron chi connectivity index (χ1n) is 10.2. The van der Waals surface area contributed by atoms with Crippen LogP contribution in [0.5, 0.6) is 17.2 Å². The highest BCUT2D eigenvalue weighted by atomic mass is 35.5. The predicted molar refractivity (Wildman–Crippen MR) is 125 cm³/mol. The van der Waals surface area contributed by atoms with Gasteiger partial charge in [0.2, 0.25) is 0 Å². The Morgan fingerprint density at radius 2 is 1.48 bits per heavy atom. The molecule has 1 aliphatic rings. The van der Waals surface area contributed by atoms with Gasteiger partial charge in [0.25, 0.3) is 0 Å². The van der Waals surface area contributed by atoms with Crippen LogP contribution >= 0.6 is 11.6 Å². The van der Waals surface area contributed by atoms with Crippen LogP contribution in [-0.2, 0) is 29.0 Å². The first-order chi connectivity index (χ1) is 15.8.